The summed E-state index contributed by atoms with van der Waals surface area (Å²) < 4.78 is 5.95. The number of aromatic nitrogens is 2. The van der Waals surface area contributed by atoms with Crippen LogP contribution in [0.25, 0.3) is 0 Å². The molecule has 0 spiro atoms. The Morgan fingerprint density at radius 1 is 1.25 bits per heavy atom. The van der Waals surface area contributed by atoms with Crippen molar-refractivity contribution in [3.05, 3.63) is 46.1 Å². The standard InChI is InChI=1S/C16H21ClN2O/c1-10(2)9-15-11(3)16(19-18-15)20-12(4)13-7-5-6-8-14(13)17/h5-8,10,12H,9H2,1-4H3,(H,18,19). The van der Waals surface area contributed by atoms with Crippen LogP contribution in [-0.2, 0) is 6.42 Å². The number of hydrogen-bond acceptors (Lipinski definition) is 2. The van der Waals surface area contributed by atoms with Gasteiger partial charge in [-0.2, -0.15) is 0 Å². The number of benzene rings is 1. The van der Waals surface area contributed by atoms with Crippen molar-refractivity contribution in [3.8, 4) is 5.88 Å². The van der Waals surface area contributed by atoms with Crippen molar-refractivity contribution in [1.29, 1.82) is 0 Å². The summed E-state index contributed by atoms with van der Waals surface area (Å²) in [6.45, 7) is 8.40. The molecule has 0 radical (unpaired) electrons. The highest BCUT2D eigenvalue weighted by molar-refractivity contribution is 6.31. The van der Waals surface area contributed by atoms with Crippen LogP contribution in [0.2, 0.25) is 5.02 Å². The zero-order valence-electron chi connectivity index (χ0n) is 12.4. The Bertz CT molecular complexity index is 578. The van der Waals surface area contributed by atoms with Gasteiger partial charge < -0.3 is 4.74 Å². The van der Waals surface area contributed by atoms with E-state index in [0.29, 0.717) is 11.8 Å². The molecule has 0 saturated carbocycles. The van der Waals surface area contributed by atoms with Gasteiger partial charge in [-0.1, -0.05) is 43.6 Å². The molecule has 3 nitrogen and oxygen atoms in total. The Labute approximate surface area is 125 Å². The molecule has 0 fully saturated rings. The fraction of sp³-hybridized carbons (Fsp3) is 0.438. The van der Waals surface area contributed by atoms with Gasteiger partial charge in [0.2, 0.25) is 5.88 Å². The van der Waals surface area contributed by atoms with Gasteiger partial charge in [0.25, 0.3) is 0 Å². The Balaban J connectivity index is 2.14. The Morgan fingerprint density at radius 2 is 1.95 bits per heavy atom. The lowest BCUT2D eigenvalue weighted by Gasteiger charge is -2.15. The van der Waals surface area contributed by atoms with Gasteiger partial charge in [-0.25, -0.2) is 0 Å². The van der Waals surface area contributed by atoms with Crippen molar-refractivity contribution in [2.24, 2.45) is 5.92 Å². The molecule has 4 heteroatoms. The van der Waals surface area contributed by atoms with E-state index in [1.54, 1.807) is 0 Å². The molecule has 0 amide bonds. The lowest BCUT2D eigenvalue weighted by Crippen LogP contribution is -2.05. The van der Waals surface area contributed by atoms with Crippen molar-refractivity contribution >= 4 is 11.6 Å². The van der Waals surface area contributed by atoms with E-state index in [2.05, 4.69) is 24.0 Å². The predicted octanol–water partition coefficient (Wildman–Crippen LogP) is 4.71. The lowest BCUT2D eigenvalue weighted by molar-refractivity contribution is 0.216. The summed E-state index contributed by atoms with van der Waals surface area (Å²) in [6.07, 6.45) is 0.848. The van der Waals surface area contributed by atoms with Crippen molar-refractivity contribution in [2.75, 3.05) is 0 Å². The Morgan fingerprint density at radius 3 is 2.60 bits per heavy atom. The van der Waals surface area contributed by atoms with Crippen LogP contribution in [0.5, 0.6) is 5.88 Å². The average Bonchev–Trinajstić information content (AvgIpc) is 2.71. The maximum absolute atomic E-state index is 6.19. The van der Waals surface area contributed by atoms with Crippen LogP contribution in [0, 0.1) is 12.8 Å². The monoisotopic (exact) mass is 292 g/mol. The molecule has 1 unspecified atom stereocenters. The predicted molar refractivity (Wildman–Crippen MR) is 82.4 cm³/mol. The van der Waals surface area contributed by atoms with Crippen LogP contribution in [0.4, 0.5) is 0 Å². The largest absolute Gasteiger partial charge is 0.468 e. The van der Waals surface area contributed by atoms with Crippen LogP contribution in [-0.4, -0.2) is 10.2 Å². The van der Waals surface area contributed by atoms with Crippen LogP contribution in [0.1, 0.15) is 43.7 Å². The van der Waals surface area contributed by atoms with E-state index in [1.165, 1.54) is 0 Å². The number of ether oxygens (including phenoxy) is 1. The quantitative estimate of drug-likeness (QED) is 0.866. The van der Waals surface area contributed by atoms with Crippen molar-refractivity contribution < 1.29 is 4.74 Å². The second kappa shape index (κ2) is 6.31. The molecule has 1 aromatic carbocycles. The van der Waals surface area contributed by atoms with Gasteiger partial charge in [0.05, 0.1) is 0 Å². The first-order chi connectivity index (χ1) is 9.49. The Hall–Kier alpha value is -1.48. The summed E-state index contributed by atoms with van der Waals surface area (Å²) in [5.74, 6) is 1.25. The number of nitrogens with zero attached hydrogens (tertiary/aromatic N) is 1. The number of nitrogens with one attached hydrogen (secondary N) is 1. The van der Waals surface area contributed by atoms with Gasteiger partial charge in [-0.3, -0.25) is 5.10 Å². The summed E-state index contributed by atoms with van der Waals surface area (Å²) in [5, 5.41) is 8.06. The van der Waals surface area contributed by atoms with Gasteiger partial charge in [-0.15, -0.1) is 5.10 Å². The van der Waals surface area contributed by atoms with Gasteiger partial charge in [0.15, 0.2) is 0 Å². The highest BCUT2D eigenvalue weighted by Crippen LogP contribution is 2.29. The van der Waals surface area contributed by atoms with Gasteiger partial charge in [0, 0.05) is 21.8 Å². The maximum atomic E-state index is 6.19. The zero-order chi connectivity index (χ0) is 14.7. The van der Waals surface area contributed by atoms with Crippen LogP contribution in [0.3, 0.4) is 0 Å². The van der Waals surface area contributed by atoms with Gasteiger partial charge in [0.1, 0.15) is 6.10 Å². The molecular formula is C16H21ClN2O. The molecule has 0 bridgehead atoms. The first-order valence-electron chi connectivity index (χ1n) is 6.94. The normalized spacial score (nSPS) is 12.7. The first kappa shape index (κ1) is 14.9. The number of aromatic amines is 1. The second-order valence-electron chi connectivity index (χ2n) is 5.51. The molecule has 20 heavy (non-hydrogen) atoms. The van der Waals surface area contributed by atoms with E-state index in [-0.39, 0.29) is 6.10 Å². The highest BCUT2D eigenvalue weighted by Gasteiger charge is 2.16. The number of rotatable bonds is 5. The molecular weight excluding hydrogens is 272 g/mol. The molecule has 0 aliphatic heterocycles. The smallest absolute Gasteiger partial charge is 0.236 e. The lowest BCUT2D eigenvalue weighted by atomic mass is 10.1. The van der Waals surface area contributed by atoms with Crippen LogP contribution in [0.15, 0.2) is 24.3 Å². The summed E-state index contributed by atoms with van der Waals surface area (Å²) in [5.41, 5.74) is 3.20. The number of hydrogen-bond donors (Lipinski definition) is 1. The molecule has 0 saturated heterocycles. The molecule has 1 aromatic heterocycles. The summed E-state index contributed by atoms with van der Waals surface area (Å²) in [7, 11) is 0. The fourth-order valence-electron chi connectivity index (χ4n) is 2.17. The first-order valence-corrected chi connectivity index (χ1v) is 7.31. The van der Waals surface area contributed by atoms with Crippen molar-refractivity contribution in [3.63, 3.8) is 0 Å². The molecule has 0 aliphatic rings. The fourth-order valence-corrected chi connectivity index (χ4v) is 2.46. The van der Waals surface area contributed by atoms with Crippen LogP contribution >= 0.6 is 11.6 Å². The molecule has 1 N–H and O–H groups in total. The SMILES string of the molecule is Cc1c(OC(C)c2ccccc2Cl)n[nH]c1CC(C)C. The Kier molecular flexibility index (Phi) is 4.71. The molecule has 1 heterocycles. The van der Waals surface area contributed by atoms with E-state index in [4.69, 9.17) is 16.3 Å². The third-order valence-corrected chi connectivity index (χ3v) is 3.65. The summed E-state index contributed by atoms with van der Waals surface area (Å²) >= 11 is 6.19. The van der Waals surface area contributed by atoms with E-state index >= 15 is 0 Å². The topological polar surface area (TPSA) is 37.9 Å². The molecule has 2 rings (SSSR count). The zero-order valence-corrected chi connectivity index (χ0v) is 13.2. The van der Waals surface area contributed by atoms with Gasteiger partial charge >= 0.3 is 0 Å². The van der Waals surface area contributed by atoms with E-state index in [1.807, 2.05) is 38.1 Å². The van der Waals surface area contributed by atoms with Gasteiger partial charge in [-0.05, 0) is 32.3 Å². The molecule has 108 valence electrons. The van der Waals surface area contributed by atoms with E-state index < -0.39 is 0 Å². The minimum absolute atomic E-state index is 0.127. The second-order valence-corrected chi connectivity index (χ2v) is 5.92. The number of halogens is 1. The summed E-state index contributed by atoms with van der Waals surface area (Å²) in [4.78, 5) is 0. The van der Waals surface area contributed by atoms with E-state index in [0.717, 1.165) is 28.3 Å². The molecule has 2 aromatic rings. The third-order valence-electron chi connectivity index (χ3n) is 3.31. The third kappa shape index (κ3) is 3.34. The highest BCUT2D eigenvalue weighted by atomic mass is 35.5. The number of H-pyrrole nitrogens is 1. The van der Waals surface area contributed by atoms with Crippen molar-refractivity contribution in [2.45, 2.75) is 40.2 Å². The minimum Gasteiger partial charge on any atom is -0.468 e. The average molecular weight is 293 g/mol. The minimum atomic E-state index is -0.127. The molecule has 1 atom stereocenters. The van der Waals surface area contributed by atoms with E-state index in [9.17, 15) is 0 Å². The molecule has 0 aliphatic carbocycles. The van der Waals surface area contributed by atoms with Crippen molar-refractivity contribution in [1.82, 2.24) is 10.2 Å². The summed E-state index contributed by atoms with van der Waals surface area (Å²) in [6, 6.07) is 7.73. The maximum Gasteiger partial charge on any atom is 0.236 e. The van der Waals surface area contributed by atoms with Crippen LogP contribution < -0.4 is 4.74 Å².